The van der Waals surface area contributed by atoms with Crippen molar-refractivity contribution in [1.82, 2.24) is 4.90 Å². The molecule has 4 heteroatoms. The van der Waals surface area contributed by atoms with Crippen LogP contribution in [0.4, 0.5) is 4.79 Å². The van der Waals surface area contributed by atoms with E-state index in [1.807, 2.05) is 25.7 Å². The summed E-state index contributed by atoms with van der Waals surface area (Å²) in [4.78, 5) is 13.5. The van der Waals surface area contributed by atoms with Crippen molar-refractivity contribution in [2.45, 2.75) is 43.2 Å². The molecule has 0 bridgehead atoms. The number of carbonyl (C=O) groups excluding carboxylic acids is 1. The van der Waals surface area contributed by atoms with E-state index in [0.717, 1.165) is 17.8 Å². The van der Waals surface area contributed by atoms with Gasteiger partial charge in [0, 0.05) is 0 Å². The minimum absolute atomic E-state index is 0.139. The van der Waals surface area contributed by atoms with E-state index in [2.05, 4.69) is 5.71 Å². The van der Waals surface area contributed by atoms with Crippen LogP contribution in [0.15, 0.2) is 0 Å². The van der Waals surface area contributed by atoms with Crippen LogP contribution in [0.25, 0.3) is 0 Å². The predicted octanol–water partition coefficient (Wildman–Crippen LogP) is 1.90. The van der Waals surface area contributed by atoms with E-state index in [-0.39, 0.29) is 27.4 Å². The molecule has 82 valence electrons. The Morgan fingerprint density at radius 1 is 1.50 bits per heavy atom. The van der Waals surface area contributed by atoms with Crippen LogP contribution in [0.3, 0.4) is 0 Å². The number of hydrogen-bond donors (Lipinski definition) is 0. The fourth-order valence-electron chi connectivity index (χ4n) is 1.49. The first-order chi connectivity index (χ1) is 6.42. The first-order valence-electron chi connectivity index (χ1n) is 5.07. The van der Waals surface area contributed by atoms with Gasteiger partial charge in [0.15, 0.2) is 0 Å². The summed E-state index contributed by atoms with van der Waals surface area (Å²) in [6, 6.07) is 0. The summed E-state index contributed by atoms with van der Waals surface area (Å²) in [5, 5.41) is 0. The van der Waals surface area contributed by atoms with E-state index >= 15 is 0 Å². The fraction of sp³-hybridized carbons (Fsp3) is 0.900. The van der Waals surface area contributed by atoms with Crippen LogP contribution in [0.2, 0.25) is 10.4 Å². The summed E-state index contributed by atoms with van der Waals surface area (Å²) in [6.45, 7) is 7.53. The van der Waals surface area contributed by atoms with Crippen LogP contribution < -0.4 is 0 Å². The van der Waals surface area contributed by atoms with Gasteiger partial charge in [0.1, 0.15) is 0 Å². The number of likely N-dealkylation sites (tertiary alicyclic amines) is 1. The van der Waals surface area contributed by atoms with Crippen LogP contribution in [-0.4, -0.2) is 45.4 Å². The monoisotopic (exact) mass is 261 g/mol. The molecule has 0 aromatic carbocycles. The van der Waals surface area contributed by atoms with Crippen molar-refractivity contribution >= 4 is 21.8 Å². The molecule has 1 amide bonds. The number of ether oxygens (including phenoxy) is 1. The van der Waals surface area contributed by atoms with Crippen molar-refractivity contribution in [3.63, 3.8) is 0 Å². The Kier molecular flexibility index (Phi) is 3.88. The third-order valence-electron chi connectivity index (χ3n) is 2.25. The van der Waals surface area contributed by atoms with E-state index in [0.29, 0.717) is 0 Å². The van der Waals surface area contributed by atoms with Gasteiger partial charge < -0.3 is 0 Å². The molecule has 2 unspecified atom stereocenters. The molecule has 14 heavy (non-hydrogen) atoms. The molecule has 1 aliphatic rings. The quantitative estimate of drug-likeness (QED) is 0.675. The standard InChI is InChI=1S/C10H20AsNO2/c1-10(2,3)14-9(13)12-6-5-8(7-12)11-4/h8,11H,5-7H2,1-4H3. The minimum atomic E-state index is -0.363. The van der Waals surface area contributed by atoms with Crippen LogP contribution >= 0.6 is 0 Å². The molecule has 0 saturated carbocycles. The first kappa shape index (κ1) is 11.9. The second kappa shape index (κ2) is 4.57. The fourth-order valence-corrected chi connectivity index (χ4v) is 3.21. The summed E-state index contributed by atoms with van der Waals surface area (Å²) in [5.41, 5.74) is 1.93. The molecule has 0 aromatic heterocycles. The summed E-state index contributed by atoms with van der Waals surface area (Å²) in [5.74, 6) is 0. The average Bonchev–Trinajstić information content (AvgIpc) is 2.48. The van der Waals surface area contributed by atoms with Crippen LogP contribution in [0.5, 0.6) is 0 Å². The van der Waals surface area contributed by atoms with Crippen molar-refractivity contribution in [2.24, 2.45) is 0 Å². The second-order valence-corrected chi connectivity index (χ2v) is 7.63. The molecule has 0 radical (unpaired) electrons. The van der Waals surface area contributed by atoms with Gasteiger partial charge in [-0.3, -0.25) is 0 Å². The van der Waals surface area contributed by atoms with Gasteiger partial charge in [0.2, 0.25) is 0 Å². The molecule has 1 rings (SSSR count). The molecule has 1 saturated heterocycles. The molecule has 1 fully saturated rings. The van der Waals surface area contributed by atoms with Crippen molar-refractivity contribution < 1.29 is 9.53 Å². The van der Waals surface area contributed by atoms with Crippen molar-refractivity contribution in [1.29, 1.82) is 0 Å². The molecule has 0 aliphatic carbocycles. The summed E-state index contributed by atoms with van der Waals surface area (Å²) in [6.07, 6.45) is 1.04. The third-order valence-corrected chi connectivity index (χ3v) is 4.95. The molecule has 0 N–H and O–H groups in total. The third kappa shape index (κ3) is 3.53. The van der Waals surface area contributed by atoms with Crippen molar-refractivity contribution in [3.05, 3.63) is 0 Å². The summed E-state index contributed by atoms with van der Waals surface area (Å²) < 4.78 is 6.11. The maximum atomic E-state index is 11.6. The van der Waals surface area contributed by atoms with E-state index in [9.17, 15) is 4.79 Å². The van der Waals surface area contributed by atoms with E-state index in [4.69, 9.17) is 4.74 Å². The Morgan fingerprint density at radius 3 is 2.57 bits per heavy atom. The molecule has 0 spiro atoms. The molecule has 1 heterocycles. The predicted molar refractivity (Wildman–Crippen MR) is 59.2 cm³/mol. The number of carbonyl (C=O) groups is 1. The number of rotatable bonds is 1. The van der Waals surface area contributed by atoms with Crippen LogP contribution in [0, 0.1) is 0 Å². The molecule has 3 nitrogen and oxygen atoms in total. The number of nitrogens with zero attached hydrogens (tertiary/aromatic N) is 1. The van der Waals surface area contributed by atoms with Gasteiger partial charge in [-0.15, -0.1) is 0 Å². The Labute approximate surface area is 92.9 Å². The second-order valence-electron chi connectivity index (χ2n) is 4.70. The first-order valence-corrected chi connectivity index (χ1v) is 8.38. The normalized spacial score (nSPS) is 23.4. The van der Waals surface area contributed by atoms with Gasteiger partial charge in [0.05, 0.1) is 0 Å². The molecular weight excluding hydrogens is 241 g/mol. The maximum absolute atomic E-state index is 11.6. The van der Waals surface area contributed by atoms with Crippen LogP contribution in [0.1, 0.15) is 27.2 Å². The Morgan fingerprint density at radius 2 is 2.14 bits per heavy atom. The molecular formula is C10H20AsNO2. The zero-order valence-electron chi connectivity index (χ0n) is 9.46. The van der Waals surface area contributed by atoms with Crippen molar-refractivity contribution in [3.8, 4) is 0 Å². The van der Waals surface area contributed by atoms with E-state index in [1.165, 1.54) is 6.42 Å². The molecule has 0 aromatic rings. The van der Waals surface area contributed by atoms with Gasteiger partial charge in [-0.25, -0.2) is 0 Å². The Hall–Kier alpha value is -0.172. The topological polar surface area (TPSA) is 29.5 Å². The molecule has 2 atom stereocenters. The van der Waals surface area contributed by atoms with Crippen LogP contribution in [-0.2, 0) is 4.74 Å². The van der Waals surface area contributed by atoms with E-state index in [1.54, 1.807) is 0 Å². The number of hydrogen-bond acceptors (Lipinski definition) is 2. The van der Waals surface area contributed by atoms with Gasteiger partial charge in [-0.1, -0.05) is 0 Å². The Balaban J connectivity index is 2.40. The summed E-state index contributed by atoms with van der Waals surface area (Å²) >= 11 is 0.147. The van der Waals surface area contributed by atoms with E-state index < -0.39 is 0 Å². The zero-order chi connectivity index (χ0) is 10.8. The van der Waals surface area contributed by atoms with Gasteiger partial charge >= 0.3 is 92.6 Å². The van der Waals surface area contributed by atoms with Gasteiger partial charge in [0.25, 0.3) is 0 Å². The summed E-state index contributed by atoms with van der Waals surface area (Å²) in [7, 11) is 0. The van der Waals surface area contributed by atoms with Gasteiger partial charge in [-0.05, 0) is 0 Å². The van der Waals surface area contributed by atoms with Crippen molar-refractivity contribution in [2.75, 3.05) is 13.1 Å². The zero-order valence-corrected chi connectivity index (χ0v) is 11.6. The Bertz CT molecular complexity index is 213. The van der Waals surface area contributed by atoms with Gasteiger partial charge in [-0.2, -0.15) is 0 Å². The number of amides is 1. The average molecular weight is 261 g/mol. The molecule has 1 aliphatic heterocycles. The SMILES string of the molecule is C[AsH]C1CCN(C(=O)OC(C)(C)C)C1.